The second-order valence-corrected chi connectivity index (χ2v) is 8.95. The van der Waals surface area contributed by atoms with Crippen LogP contribution in [0.25, 0.3) is 11.0 Å². The van der Waals surface area contributed by atoms with Crippen LogP contribution in [0.5, 0.6) is 11.6 Å². The summed E-state index contributed by atoms with van der Waals surface area (Å²) in [6.45, 7) is 0.272. The molecule has 1 aliphatic rings. The number of benzene rings is 1. The fraction of sp³-hybridized carbons (Fsp3) is 0.423. The van der Waals surface area contributed by atoms with E-state index in [0.717, 1.165) is 18.4 Å². The highest BCUT2D eigenvalue weighted by Crippen LogP contribution is 2.37. The molecule has 0 bridgehead atoms. The van der Waals surface area contributed by atoms with Crippen LogP contribution in [0.1, 0.15) is 49.3 Å². The van der Waals surface area contributed by atoms with Crippen molar-refractivity contribution in [3.8, 4) is 11.6 Å². The Kier molecular flexibility index (Phi) is 7.99. The summed E-state index contributed by atoms with van der Waals surface area (Å²) in [4.78, 5) is 19.8. The fourth-order valence-electron chi connectivity index (χ4n) is 4.68. The van der Waals surface area contributed by atoms with Gasteiger partial charge >= 0.3 is 6.09 Å². The van der Waals surface area contributed by atoms with Crippen molar-refractivity contribution in [2.45, 2.75) is 57.0 Å². The summed E-state index contributed by atoms with van der Waals surface area (Å²) in [5.41, 5.74) is 2.30. The van der Waals surface area contributed by atoms with Crippen molar-refractivity contribution in [2.75, 3.05) is 7.11 Å². The van der Waals surface area contributed by atoms with Crippen LogP contribution in [0.3, 0.4) is 0 Å². The van der Waals surface area contributed by atoms with E-state index in [4.69, 9.17) is 14.6 Å². The zero-order chi connectivity index (χ0) is 24.8. The van der Waals surface area contributed by atoms with Crippen molar-refractivity contribution in [3.63, 3.8) is 0 Å². The first-order valence-corrected chi connectivity index (χ1v) is 11.8. The van der Waals surface area contributed by atoms with E-state index in [1.165, 1.54) is 7.11 Å². The van der Waals surface area contributed by atoms with Gasteiger partial charge in [-0.3, -0.25) is 4.98 Å². The maximum atomic E-state index is 11.3. The third-order valence-electron chi connectivity index (χ3n) is 6.55. The molecule has 186 valence electrons. The minimum atomic E-state index is -1.25. The summed E-state index contributed by atoms with van der Waals surface area (Å²) in [7, 11) is 1.51. The van der Waals surface area contributed by atoms with Crippen molar-refractivity contribution >= 4 is 17.1 Å². The largest absolute Gasteiger partial charge is 0.487 e. The molecule has 3 aromatic rings. The van der Waals surface area contributed by atoms with E-state index in [1.807, 2.05) is 30.3 Å². The number of hydrogen-bond donors (Lipinski definition) is 4. The number of ether oxygens (including phenoxy) is 2. The monoisotopic (exact) mass is 481 g/mol. The quantitative estimate of drug-likeness (QED) is 0.362. The molecule has 0 saturated heterocycles. The van der Waals surface area contributed by atoms with Crippen LogP contribution in [0.2, 0.25) is 0 Å². The lowest BCUT2D eigenvalue weighted by Crippen LogP contribution is -2.37. The average molecular weight is 482 g/mol. The Morgan fingerprint density at radius 3 is 2.54 bits per heavy atom. The van der Waals surface area contributed by atoms with E-state index < -0.39 is 18.3 Å². The third-order valence-corrected chi connectivity index (χ3v) is 6.55. The number of carboxylic acid groups (broad SMARTS) is 1. The van der Waals surface area contributed by atoms with E-state index in [-0.39, 0.29) is 18.6 Å². The van der Waals surface area contributed by atoms with Crippen molar-refractivity contribution in [2.24, 2.45) is 5.92 Å². The number of amides is 1. The summed E-state index contributed by atoms with van der Waals surface area (Å²) in [6.07, 6.45) is 1.58. The molecule has 2 aromatic heterocycles. The molecule has 35 heavy (non-hydrogen) atoms. The third kappa shape index (κ3) is 6.17. The van der Waals surface area contributed by atoms with Gasteiger partial charge in [-0.1, -0.05) is 30.3 Å². The zero-order valence-electron chi connectivity index (χ0n) is 19.6. The van der Waals surface area contributed by atoms with Gasteiger partial charge in [0.05, 0.1) is 30.5 Å². The first kappa shape index (κ1) is 24.7. The van der Waals surface area contributed by atoms with E-state index in [2.05, 4.69) is 15.3 Å². The van der Waals surface area contributed by atoms with E-state index in [9.17, 15) is 15.0 Å². The number of hydrogen-bond acceptors (Lipinski definition) is 7. The molecule has 1 saturated carbocycles. The maximum absolute atomic E-state index is 11.3. The number of nitrogens with one attached hydrogen (secondary N) is 1. The first-order chi connectivity index (χ1) is 16.9. The minimum Gasteiger partial charge on any atom is -0.487 e. The molecule has 4 N–H and O–H groups in total. The second-order valence-electron chi connectivity index (χ2n) is 8.95. The number of nitrogens with zero attached hydrogens (tertiary/aromatic N) is 2. The Bertz CT molecular complexity index is 1130. The summed E-state index contributed by atoms with van der Waals surface area (Å²) in [6, 6.07) is 13.0. The first-order valence-electron chi connectivity index (χ1n) is 11.8. The standard InChI is InChI=1S/C26H31N3O6/c1-34-22-12-11-19-24(29-22)23(21(14-27-19)35-15-17-5-3-2-4-6-17)25(31)20(30)13-16-7-9-18(10-8-16)28-26(32)33/h2-6,11-12,14,16,18,20,25,28,30-31H,7-10,13,15H2,1H3,(H,32,33)/t16-,18-,20?,25?. The van der Waals surface area contributed by atoms with Crippen LogP contribution in [0.4, 0.5) is 4.79 Å². The zero-order valence-corrected chi connectivity index (χ0v) is 19.6. The smallest absolute Gasteiger partial charge is 0.404 e. The molecule has 1 aromatic carbocycles. The molecule has 2 atom stereocenters. The van der Waals surface area contributed by atoms with Crippen molar-refractivity contribution in [1.29, 1.82) is 0 Å². The van der Waals surface area contributed by atoms with Gasteiger partial charge in [-0.2, -0.15) is 0 Å². The summed E-state index contributed by atoms with van der Waals surface area (Å²) in [5, 5.41) is 33.8. The Balaban J connectivity index is 1.55. The SMILES string of the molecule is COc1ccc2ncc(OCc3ccccc3)c(C(O)C(O)C[C@H]3CC[C@H](NC(=O)O)CC3)c2n1. The number of carbonyl (C=O) groups is 1. The van der Waals surface area contributed by atoms with Gasteiger partial charge in [-0.25, -0.2) is 9.78 Å². The molecule has 9 heteroatoms. The van der Waals surface area contributed by atoms with Gasteiger partial charge in [-0.15, -0.1) is 0 Å². The molecule has 1 amide bonds. The van der Waals surface area contributed by atoms with Crippen LogP contribution < -0.4 is 14.8 Å². The molecular formula is C26H31N3O6. The number of methoxy groups -OCH3 is 1. The molecule has 0 radical (unpaired) electrons. The van der Waals surface area contributed by atoms with Gasteiger partial charge in [0, 0.05) is 12.1 Å². The normalized spacial score (nSPS) is 19.6. The highest BCUT2D eigenvalue weighted by Gasteiger charge is 2.30. The topological polar surface area (TPSA) is 134 Å². The fourth-order valence-corrected chi connectivity index (χ4v) is 4.68. The predicted molar refractivity (Wildman–Crippen MR) is 129 cm³/mol. The van der Waals surface area contributed by atoms with Gasteiger partial charge in [0.25, 0.3) is 0 Å². The molecule has 2 heterocycles. The van der Waals surface area contributed by atoms with Crippen LogP contribution in [-0.2, 0) is 6.61 Å². The lowest BCUT2D eigenvalue weighted by molar-refractivity contribution is -0.00123. The Morgan fingerprint density at radius 2 is 1.86 bits per heavy atom. The predicted octanol–water partition coefficient (Wildman–Crippen LogP) is 3.83. The van der Waals surface area contributed by atoms with Crippen LogP contribution in [0.15, 0.2) is 48.7 Å². The molecule has 2 unspecified atom stereocenters. The number of rotatable bonds is 9. The van der Waals surface area contributed by atoms with Gasteiger partial charge in [0.1, 0.15) is 24.0 Å². The van der Waals surface area contributed by atoms with Crippen LogP contribution in [-0.4, -0.2) is 50.6 Å². The highest BCUT2D eigenvalue weighted by molar-refractivity contribution is 5.81. The van der Waals surface area contributed by atoms with E-state index in [1.54, 1.807) is 18.3 Å². The molecule has 4 rings (SSSR count). The summed E-state index contributed by atoms with van der Waals surface area (Å²) in [5.74, 6) is 0.894. The van der Waals surface area contributed by atoms with Gasteiger partial charge < -0.3 is 30.1 Å². The lowest BCUT2D eigenvalue weighted by atomic mass is 9.81. The average Bonchev–Trinajstić information content (AvgIpc) is 2.87. The van der Waals surface area contributed by atoms with Crippen LogP contribution >= 0.6 is 0 Å². The van der Waals surface area contributed by atoms with Crippen molar-refractivity contribution < 1.29 is 29.6 Å². The number of pyridine rings is 2. The summed E-state index contributed by atoms with van der Waals surface area (Å²) >= 11 is 0. The minimum absolute atomic E-state index is 0.0652. The second kappa shape index (κ2) is 11.3. The Hall–Kier alpha value is -3.43. The van der Waals surface area contributed by atoms with E-state index >= 15 is 0 Å². The van der Waals surface area contributed by atoms with Crippen molar-refractivity contribution in [1.82, 2.24) is 15.3 Å². The molecule has 0 aliphatic heterocycles. The van der Waals surface area contributed by atoms with Crippen molar-refractivity contribution in [3.05, 3.63) is 59.8 Å². The van der Waals surface area contributed by atoms with E-state index in [0.29, 0.717) is 47.5 Å². The lowest BCUT2D eigenvalue weighted by Gasteiger charge is -2.31. The highest BCUT2D eigenvalue weighted by atomic mass is 16.5. The number of fused-ring (bicyclic) bond motifs is 1. The number of aliphatic hydroxyl groups is 2. The molecule has 0 spiro atoms. The van der Waals surface area contributed by atoms with Gasteiger partial charge in [0.15, 0.2) is 0 Å². The van der Waals surface area contributed by atoms with Crippen LogP contribution in [0, 0.1) is 5.92 Å². The number of aromatic nitrogens is 2. The Morgan fingerprint density at radius 1 is 1.11 bits per heavy atom. The molecular weight excluding hydrogens is 450 g/mol. The number of aliphatic hydroxyl groups excluding tert-OH is 2. The molecule has 1 aliphatic carbocycles. The maximum Gasteiger partial charge on any atom is 0.404 e. The van der Waals surface area contributed by atoms with Gasteiger partial charge in [-0.05, 0) is 49.7 Å². The Labute approximate surface area is 203 Å². The molecule has 1 fully saturated rings. The summed E-state index contributed by atoms with van der Waals surface area (Å²) < 4.78 is 11.3. The molecule has 9 nitrogen and oxygen atoms in total. The van der Waals surface area contributed by atoms with Gasteiger partial charge in [0.2, 0.25) is 5.88 Å².